The van der Waals surface area contributed by atoms with Gasteiger partial charge in [-0.1, -0.05) is 53.5 Å². The first-order valence-electron chi connectivity index (χ1n) is 11.9. The number of fused-ring (bicyclic) bond motifs is 3. The summed E-state index contributed by atoms with van der Waals surface area (Å²) in [6, 6.07) is 20.7. The Morgan fingerprint density at radius 2 is 1.68 bits per heavy atom. The van der Waals surface area contributed by atoms with Crippen molar-refractivity contribution in [1.82, 2.24) is 29.6 Å². The summed E-state index contributed by atoms with van der Waals surface area (Å²) < 4.78 is 3.53. The first-order chi connectivity index (χ1) is 18.3. The van der Waals surface area contributed by atoms with Crippen LogP contribution in [0.2, 0.25) is 10.0 Å². The van der Waals surface area contributed by atoms with Crippen LogP contribution in [-0.2, 0) is 12.6 Å². The quantitative estimate of drug-likeness (QED) is 0.316. The highest BCUT2D eigenvalue weighted by Crippen LogP contribution is 2.43. The van der Waals surface area contributed by atoms with Gasteiger partial charge in [-0.25, -0.2) is 4.98 Å². The van der Waals surface area contributed by atoms with Gasteiger partial charge >= 0.3 is 0 Å². The van der Waals surface area contributed by atoms with Gasteiger partial charge in [-0.05, 0) is 63.5 Å². The predicted molar refractivity (Wildman–Crippen MR) is 150 cm³/mol. The lowest BCUT2D eigenvalue weighted by Crippen LogP contribution is -2.31. The van der Waals surface area contributed by atoms with Gasteiger partial charge in [-0.15, -0.1) is 5.10 Å². The van der Waals surface area contributed by atoms with Crippen molar-refractivity contribution in [1.29, 1.82) is 0 Å². The Kier molecular flexibility index (Phi) is 5.83. The largest absolute Gasteiger partial charge is 0.374 e. The summed E-state index contributed by atoms with van der Waals surface area (Å²) in [6.45, 7) is 0. The Morgan fingerprint density at radius 1 is 0.921 bits per heavy atom. The van der Waals surface area contributed by atoms with Gasteiger partial charge in [0.05, 0.1) is 29.4 Å². The first kappa shape index (κ1) is 24.4. The molecule has 190 valence electrons. The van der Waals surface area contributed by atoms with Crippen LogP contribution < -0.4 is 4.90 Å². The maximum absolute atomic E-state index is 12.5. The van der Waals surface area contributed by atoms with Gasteiger partial charge in [-0.2, -0.15) is 4.52 Å². The van der Waals surface area contributed by atoms with Gasteiger partial charge in [0.25, 0.3) is 0 Å². The van der Waals surface area contributed by atoms with Crippen LogP contribution in [0.25, 0.3) is 27.7 Å². The minimum atomic E-state index is -1.52. The zero-order valence-electron chi connectivity index (χ0n) is 20.8. The van der Waals surface area contributed by atoms with Crippen molar-refractivity contribution >= 4 is 45.4 Å². The predicted octanol–water partition coefficient (Wildman–Crippen LogP) is 5.34. The van der Waals surface area contributed by atoms with Crippen molar-refractivity contribution < 1.29 is 5.11 Å². The van der Waals surface area contributed by atoms with E-state index in [1.807, 2.05) is 85.2 Å². The lowest BCUT2D eigenvalue weighted by Gasteiger charge is -2.30. The number of aromatic nitrogens is 6. The molecule has 1 N–H and O–H groups in total. The van der Waals surface area contributed by atoms with E-state index in [9.17, 15) is 5.11 Å². The van der Waals surface area contributed by atoms with Crippen molar-refractivity contribution in [2.75, 3.05) is 19.0 Å². The molecule has 3 aromatic heterocycles. The van der Waals surface area contributed by atoms with E-state index in [0.29, 0.717) is 32.5 Å². The maximum Gasteiger partial charge on any atom is 0.203 e. The molecular formula is C28H23Cl2N7O. The van der Waals surface area contributed by atoms with Crippen LogP contribution in [0, 0.1) is 0 Å². The molecule has 0 aliphatic rings. The second-order valence-corrected chi connectivity index (χ2v) is 10.3. The van der Waals surface area contributed by atoms with Crippen LogP contribution in [-0.4, -0.2) is 48.8 Å². The van der Waals surface area contributed by atoms with E-state index >= 15 is 0 Å². The fourth-order valence-electron chi connectivity index (χ4n) is 5.10. The number of imidazole rings is 1. The maximum atomic E-state index is 12.5. The van der Waals surface area contributed by atoms with Gasteiger partial charge in [-0.3, -0.25) is 0 Å². The van der Waals surface area contributed by atoms with Gasteiger partial charge < -0.3 is 14.6 Å². The van der Waals surface area contributed by atoms with E-state index in [1.54, 1.807) is 29.2 Å². The average Bonchev–Trinajstić information content (AvgIpc) is 3.57. The molecule has 3 aromatic carbocycles. The summed E-state index contributed by atoms with van der Waals surface area (Å²) in [7, 11) is 5.76. The van der Waals surface area contributed by atoms with Crippen LogP contribution in [0.3, 0.4) is 0 Å². The molecular weight excluding hydrogens is 521 g/mol. The average molecular weight is 544 g/mol. The minimum Gasteiger partial charge on any atom is -0.374 e. The normalized spacial score (nSPS) is 13.2. The van der Waals surface area contributed by atoms with Crippen molar-refractivity contribution in [2.24, 2.45) is 7.05 Å². The Bertz CT molecular complexity index is 1810. The SMILES string of the molecule is CN(C)c1c(-c2cccc(Cl)c2)c2cc(C(O)(c3ccc(Cl)cc3)c3cncn3C)ccc2n2nnnc12. The second kappa shape index (κ2) is 9.09. The van der Waals surface area contributed by atoms with E-state index < -0.39 is 5.60 Å². The van der Waals surface area contributed by atoms with E-state index in [4.69, 9.17) is 23.2 Å². The third-order valence-electron chi connectivity index (χ3n) is 6.84. The highest BCUT2D eigenvalue weighted by Gasteiger charge is 2.37. The van der Waals surface area contributed by atoms with Crippen molar-refractivity contribution in [3.8, 4) is 11.1 Å². The number of aryl methyl sites for hydroxylation is 1. The zero-order valence-corrected chi connectivity index (χ0v) is 22.4. The van der Waals surface area contributed by atoms with Gasteiger partial charge in [0, 0.05) is 42.1 Å². The molecule has 6 rings (SSSR count). The zero-order chi connectivity index (χ0) is 26.6. The number of hydrogen-bond donors (Lipinski definition) is 1. The number of nitrogens with zero attached hydrogens (tertiary/aromatic N) is 7. The van der Waals surface area contributed by atoms with Crippen molar-refractivity contribution in [2.45, 2.75) is 5.60 Å². The molecule has 0 saturated carbocycles. The Balaban J connectivity index is 1.74. The lowest BCUT2D eigenvalue weighted by atomic mass is 9.82. The number of anilines is 1. The second-order valence-electron chi connectivity index (χ2n) is 9.38. The van der Waals surface area contributed by atoms with Gasteiger partial charge in [0.1, 0.15) is 0 Å². The molecule has 0 spiro atoms. The van der Waals surface area contributed by atoms with Gasteiger partial charge in [0.15, 0.2) is 5.60 Å². The summed E-state index contributed by atoms with van der Waals surface area (Å²) in [5, 5.41) is 27.1. The summed E-state index contributed by atoms with van der Waals surface area (Å²) in [4.78, 5) is 6.28. The topological polar surface area (TPSA) is 84.4 Å². The highest BCUT2D eigenvalue weighted by atomic mass is 35.5. The monoisotopic (exact) mass is 543 g/mol. The van der Waals surface area contributed by atoms with E-state index in [1.165, 1.54) is 0 Å². The van der Waals surface area contributed by atoms with E-state index in [0.717, 1.165) is 27.7 Å². The fourth-order valence-corrected chi connectivity index (χ4v) is 5.42. The van der Waals surface area contributed by atoms with Crippen LogP contribution in [0.15, 0.2) is 79.3 Å². The molecule has 38 heavy (non-hydrogen) atoms. The first-order valence-corrected chi connectivity index (χ1v) is 12.6. The lowest BCUT2D eigenvalue weighted by molar-refractivity contribution is 0.117. The van der Waals surface area contributed by atoms with Gasteiger partial charge in [0.2, 0.25) is 5.65 Å². The molecule has 0 bridgehead atoms. The number of benzene rings is 3. The molecule has 1 unspecified atom stereocenters. The summed E-state index contributed by atoms with van der Waals surface area (Å²) in [6.07, 6.45) is 3.34. The number of rotatable bonds is 5. The molecule has 0 radical (unpaired) electrons. The highest BCUT2D eigenvalue weighted by molar-refractivity contribution is 6.31. The van der Waals surface area contributed by atoms with Crippen molar-refractivity contribution in [3.05, 3.63) is 106 Å². The number of pyridine rings is 1. The summed E-state index contributed by atoms with van der Waals surface area (Å²) in [5.74, 6) is 0. The minimum absolute atomic E-state index is 0.583. The van der Waals surface area contributed by atoms with Crippen LogP contribution in [0.5, 0.6) is 0 Å². The van der Waals surface area contributed by atoms with Crippen LogP contribution in [0.4, 0.5) is 5.69 Å². The number of halogens is 2. The molecule has 3 heterocycles. The fraction of sp³-hybridized carbons (Fsp3) is 0.143. The molecule has 0 saturated heterocycles. The Morgan fingerprint density at radius 3 is 2.37 bits per heavy atom. The third-order valence-corrected chi connectivity index (χ3v) is 7.33. The Hall–Kier alpha value is -3.98. The van der Waals surface area contributed by atoms with Crippen molar-refractivity contribution in [3.63, 3.8) is 0 Å². The third kappa shape index (κ3) is 3.72. The molecule has 0 aliphatic heterocycles. The summed E-state index contributed by atoms with van der Waals surface area (Å²) >= 11 is 12.6. The van der Waals surface area contributed by atoms with Crippen LogP contribution in [0.1, 0.15) is 16.8 Å². The number of tetrazole rings is 1. The number of hydrogen-bond acceptors (Lipinski definition) is 6. The molecule has 0 fully saturated rings. The molecule has 1 atom stereocenters. The molecule has 8 nitrogen and oxygen atoms in total. The molecule has 0 aliphatic carbocycles. The molecule has 6 aromatic rings. The summed E-state index contributed by atoms with van der Waals surface area (Å²) in [5.41, 5.74) is 4.44. The van der Waals surface area contributed by atoms with E-state index in [2.05, 4.69) is 20.5 Å². The number of aliphatic hydroxyl groups is 1. The molecule has 10 heteroatoms. The molecule has 0 amide bonds. The van der Waals surface area contributed by atoms with E-state index in [-0.39, 0.29) is 0 Å². The van der Waals surface area contributed by atoms with Crippen LogP contribution >= 0.6 is 23.2 Å². The Labute approximate surface area is 228 Å². The smallest absolute Gasteiger partial charge is 0.203 e. The standard InChI is InChI=1S/C28H23Cl2N7O/c1-35(2)26-25(17-5-4-6-21(30)13-17)22-14-19(9-12-23(22)37-27(26)32-33-34-37)28(38,24-15-31-16-36(24)3)18-7-10-20(29)11-8-18/h4-16,38H,1-3H3.